The van der Waals surface area contributed by atoms with Gasteiger partial charge in [0.25, 0.3) is 0 Å². The van der Waals surface area contributed by atoms with Crippen molar-refractivity contribution in [2.45, 2.75) is 38.5 Å². The fourth-order valence-electron chi connectivity index (χ4n) is 1.39. The highest BCUT2D eigenvalue weighted by Gasteiger charge is 2.29. The topological polar surface area (TPSA) is 51.8 Å². The molecule has 1 aromatic rings. The zero-order valence-electron chi connectivity index (χ0n) is 8.42. The summed E-state index contributed by atoms with van der Waals surface area (Å²) in [5.41, 5.74) is 7.03. The van der Waals surface area contributed by atoms with Crippen LogP contribution in [0.1, 0.15) is 50.0 Å². The number of nitrogen functional groups attached to an aromatic ring is 1. The maximum absolute atomic E-state index is 5.87. The number of halogens is 1. The lowest BCUT2D eigenvalue weighted by Gasteiger charge is -2.09. The average Bonchev–Trinajstić information content (AvgIpc) is 2.92. The number of hydrogen-bond donors (Lipinski definition) is 1. The van der Waals surface area contributed by atoms with E-state index >= 15 is 0 Å². The minimum Gasteiger partial charge on any atom is -0.383 e. The van der Waals surface area contributed by atoms with Crippen LogP contribution in [0.2, 0.25) is 0 Å². The third kappa shape index (κ3) is 1.85. The van der Waals surface area contributed by atoms with Crippen LogP contribution in [-0.2, 0) is 0 Å². The lowest BCUT2D eigenvalue weighted by atomic mass is 10.2. The number of aromatic nitrogens is 2. The lowest BCUT2D eigenvalue weighted by molar-refractivity contribution is 0.756. The summed E-state index contributed by atoms with van der Waals surface area (Å²) in [4.78, 5) is 8.90. The number of nitrogens with zero attached hydrogens (tertiary/aromatic N) is 2. The second kappa shape index (κ2) is 3.64. The van der Waals surface area contributed by atoms with E-state index in [1.54, 1.807) is 0 Å². The van der Waals surface area contributed by atoms with Crippen molar-refractivity contribution in [3.05, 3.63) is 15.1 Å². The van der Waals surface area contributed by atoms with Crippen LogP contribution in [0.15, 0.2) is 0 Å². The maximum Gasteiger partial charge on any atom is 0.140 e. The summed E-state index contributed by atoms with van der Waals surface area (Å²) in [6.07, 6.45) is 2.51. The van der Waals surface area contributed by atoms with E-state index in [2.05, 4.69) is 46.4 Å². The molecule has 0 atom stereocenters. The van der Waals surface area contributed by atoms with Gasteiger partial charge in [0.05, 0.1) is 9.26 Å². The molecule has 14 heavy (non-hydrogen) atoms. The molecule has 1 aliphatic rings. The smallest absolute Gasteiger partial charge is 0.140 e. The zero-order valence-corrected chi connectivity index (χ0v) is 10.6. The molecule has 76 valence electrons. The molecule has 0 aromatic carbocycles. The molecular formula is C10H14IN3. The first-order valence-electron chi connectivity index (χ1n) is 4.92. The first kappa shape index (κ1) is 10.1. The number of anilines is 1. The summed E-state index contributed by atoms with van der Waals surface area (Å²) in [7, 11) is 0. The van der Waals surface area contributed by atoms with Crippen molar-refractivity contribution in [2.24, 2.45) is 0 Å². The Morgan fingerprint density at radius 3 is 2.50 bits per heavy atom. The van der Waals surface area contributed by atoms with Crippen molar-refractivity contribution < 1.29 is 0 Å². The van der Waals surface area contributed by atoms with Crippen LogP contribution in [0.3, 0.4) is 0 Å². The molecule has 0 spiro atoms. The van der Waals surface area contributed by atoms with Crippen LogP contribution >= 0.6 is 22.6 Å². The summed E-state index contributed by atoms with van der Waals surface area (Å²) in [6.45, 7) is 4.19. The van der Waals surface area contributed by atoms with Crippen LogP contribution < -0.4 is 5.73 Å². The van der Waals surface area contributed by atoms with Crippen molar-refractivity contribution in [1.82, 2.24) is 9.97 Å². The van der Waals surface area contributed by atoms with E-state index in [0.717, 1.165) is 9.39 Å². The van der Waals surface area contributed by atoms with Gasteiger partial charge in [-0.05, 0) is 35.4 Å². The van der Waals surface area contributed by atoms with Crippen LogP contribution in [0, 0.1) is 3.57 Å². The zero-order chi connectivity index (χ0) is 10.3. The molecule has 1 fully saturated rings. The summed E-state index contributed by atoms with van der Waals surface area (Å²) in [5, 5.41) is 0. The van der Waals surface area contributed by atoms with Crippen LogP contribution in [0.5, 0.6) is 0 Å². The van der Waals surface area contributed by atoms with Gasteiger partial charge in [0.2, 0.25) is 0 Å². The highest BCUT2D eigenvalue weighted by atomic mass is 127. The molecule has 0 aliphatic heterocycles. The second-order valence-electron chi connectivity index (χ2n) is 4.10. The van der Waals surface area contributed by atoms with E-state index in [9.17, 15) is 0 Å². The minimum atomic E-state index is 0.354. The highest BCUT2D eigenvalue weighted by molar-refractivity contribution is 14.1. The fourth-order valence-corrected chi connectivity index (χ4v) is 2.07. The van der Waals surface area contributed by atoms with Gasteiger partial charge in [-0.3, -0.25) is 0 Å². The predicted octanol–water partition coefficient (Wildman–Crippen LogP) is 2.66. The monoisotopic (exact) mass is 303 g/mol. The van der Waals surface area contributed by atoms with Crippen molar-refractivity contribution in [3.8, 4) is 0 Å². The van der Waals surface area contributed by atoms with E-state index in [1.807, 2.05) is 0 Å². The third-order valence-corrected chi connectivity index (χ3v) is 3.51. The summed E-state index contributed by atoms with van der Waals surface area (Å²) in [5.74, 6) is 2.52. The van der Waals surface area contributed by atoms with Gasteiger partial charge in [-0.15, -0.1) is 0 Å². The molecule has 3 nitrogen and oxygen atoms in total. The van der Waals surface area contributed by atoms with Crippen molar-refractivity contribution >= 4 is 28.4 Å². The molecule has 1 aromatic heterocycles. The Balaban J connectivity index is 2.46. The van der Waals surface area contributed by atoms with Crippen LogP contribution in [-0.4, -0.2) is 9.97 Å². The van der Waals surface area contributed by atoms with E-state index in [-0.39, 0.29) is 0 Å². The third-order valence-electron chi connectivity index (χ3n) is 2.40. The molecule has 0 saturated heterocycles. The molecule has 0 bridgehead atoms. The number of nitrogens with two attached hydrogens (primary N) is 1. The molecule has 2 rings (SSSR count). The fraction of sp³-hybridized carbons (Fsp3) is 0.600. The maximum atomic E-state index is 5.87. The Labute approximate surface area is 97.7 Å². The van der Waals surface area contributed by atoms with Gasteiger partial charge in [0.15, 0.2) is 0 Å². The highest BCUT2D eigenvalue weighted by Crippen LogP contribution is 2.42. The molecule has 4 heteroatoms. The summed E-state index contributed by atoms with van der Waals surface area (Å²) in [6, 6.07) is 0. The molecule has 0 unspecified atom stereocenters. The quantitative estimate of drug-likeness (QED) is 0.855. The molecule has 2 N–H and O–H groups in total. The normalized spacial score (nSPS) is 16.3. The largest absolute Gasteiger partial charge is 0.383 e. The van der Waals surface area contributed by atoms with Crippen molar-refractivity contribution in [1.29, 1.82) is 0 Å². The number of rotatable bonds is 2. The van der Waals surface area contributed by atoms with Crippen molar-refractivity contribution in [2.75, 3.05) is 5.73 Å². The molecule has 0 amide bonds. The van der Waals surface area contributed by atoms with Gasteiger partial charge in [-0.2, -0.15) is 0 Å². The lowest BCUT2D eigenvalue weighted by Crippen LogP contribution is -2.07. The van der Waals surface area contributed by atoms with E-state index in [0.29, 0.717) is 17.7 Å². The van der Waals surface area contributed by atoms with Gasteiger partial charge in [0.1, 0.15) is 11.6 Å². The number of hydrogen-bond acceptors (Lipinski definition) is 3. The van der Waals surface area contributed by atoms with E-state index < -0.39 is 0 Å². The Kier molecular flexibility index (Phi) is 2.64. The van der Waals surface area contributed by atoms with Gasteiger partial charge < -0.3 is 5.73 Å². The first-order valence-corrected chi connectivity index (χ1v) is 6.00. The first-order chi connectivity index (χ1) is 6.59. The Bertz CT molecular complexity index is 359. The molecular weight excluding hydrogens is 289 g/mol. The van der Waals surface area contributed by atoms with Crippen LogP contribution in [0.4, 0.5) is 5.82 Å². The molecule has 0 radical (unpaired) electrons. The van der Waals surface area contributed by atoms with Crippen molar-refractivity contribution in [3.63, 3.8) is 0 Å². The van der Waals surface area contributed by atoms with Crippen LogP contribution in [0.25, 0.3) is 0 Å². The van der Waals surface area contributed by atoms with Gasteiger partial charge in [-0.1, -0.05) is 13.8 Å². The second-order valence-corrected chi connectivity index (χ2v) is 5.17. The average molecular weight is 303 g/mol. The Morgan fingerprint density at radius 2 is 2.00 bits per heavy atom. The molecule has 1 heterocycles. The summed E-state index contributed by atoms with van der Waals surface area (Å²) >= 11 is 2.25. The minimum absolute atomic E-state index is 0.354. The Morgan fingerprint density at radius 1 is 1.36 bits per heavy atom. The van der Waals surface area contributed by atoms with Gasteiger partial charge in [0, 0.05) is 11.8 Å². The van der Waals surface area contributed by atoms with Gasteiger partial charge >= 0.3 is 0 Å². The van der Waals surface area contributed by atoms with Gasteiger partial charge in [-0.25, -0.2) is 9.97 Å². The summed E-state index contributed by atoms with van der Waals surface area (Å²) < 4.78 is 1.05. The molecule has 1 aliphatic carbocycles. The Hall–Kier alpha value is -0.390. The van der Waals surface area contributed by atoms with E-state index in [4.69, 9.17) is 5.73 Å². The van der Waals surface area contributed by atoms with E-state index in [1.165, 1.54) is 18.5 Å². The molecule has 1 saturated carbocycles. The SMILES string of the molecule is CC(C)c1nc(N)c(I)c(C2CC2)n1. The standard InChI is InChI=1S/C10H14IN3/c1-5(2)10-13-8(6-3-4-6)7(11)9(12)14-10/h5-6H,3-4H2,1-2H3,(H2,12,13,14). The predicted molar refractivity (Wildman–Crippen MR) is 65.2 cm³/mol.